The van der Waals surface area contributed by atoms with Gasteiger partial charge >= 0.3 is 0 Å². The van der Waals surface area contributed by atoms with Crippen LogP contribution >= 0.6 is 0 Å². The van der Waals surface area contributed by atoms with Crippen LogP contribution in [0.3, 0.4) is 0 Å². The molecule has 26 heavy (non-hydrogen) atoms. The number of rotatable bonds is 5. The molecule has 0 aromatic heterocycles. The molecule has 1 aliphatic rings. The number of amides is 1. The zero-order chi connectivity index (χ0) is 18.4. The second-order valence-electron chi connectivity index (χ2n) is 6.49. The van der Waals surface area contributed by atoms with E-state index in [2.05, 4.69) is 6.07 Å². The van der Waals surface area contributed by atoms with Gasteiger partial charge in [0.25, 0.3) is 0 Å². The van der Waals surface area contributed by atoms with Crippen molar-refractivity contribution in [2.45, 2.75) is 18.9 Å². The van der Waals surface area contributed by atoms with Gasteiger partial charge in [0, 0.05) is 32.6 Å². The normalized spacial score (nSPS) is 16.1. The van der Waals surface area contributed by atoms with Crippen LogP contribution in [-0.4, -0.2) is 41.9 Å². The molecule has 0 spiro atoms. The summed E-state index contributed by atoms with van der Waals surface area (Å²) in [5.74, 6) is -0.150. The number of carbonyl (C=O) groups excluding carboxylic acids is 1. The average molecular weight is 351 g/mol. The lowest BCUT2D eigenvalue weighted by Gasteiger charge is -2.37. The van der Waals surface area contributed by atoms with Crippen LogP contribution in [0.1, 0.15) is 23.6 Å². The lowest BCUT2D eigenvalue weighted by molar-refractivity contribution is -0.133. The van der Waals surface area contributed by atoms with Gasteiger partial charge < -0.3 is 4.90 Å². The van der Waals surface area contributed by atoms with Crippen molar-refractivity contribution in [3.05, 3.63) is 71.5 Å². The number of nitrogens with zero attached hydrogens (tertiary/aromatic N) is 3. The predicted molar refractivity (Wildman–Crippen MR) is 97.7 cm³/mol. The molecule has 1 amide bonds. The van der Waals surface area contributed by atoms with E-state index in [9.17, 15) is 14.4 Å². The average Bonchev–Trinajstić information content (AvgIpc) is 2.69. The van der Waals surface area contributed by atoms with Gasteiger partial charge in [0.1, 0.15) is 11.9 Å². The standard InChI is InChI=1S/C21H22FN3O/c22-19-9-7-18(8-10-19)20(16-23)24-12-14-25(15-13-24)21(26)11-6-17-4-2-1-3-5-17/h1-5,7-10,20H,6,11-15H2. The Labute approximate surface area is 153 Å². The molecule has 1 fully saturated rings. The third-order valence-corrected chi connectivity index (χ3v) is 4.81. The minimum Gasteiger partial charge on any atom is -0.340 e. The number of hydrogen-bond acceptors (Lipinski definition) is 3. The van der Waals surface area contributed by atoms with Crippen LogP contribution in [0.25, 0.3) is 0 Å². The predicted octanol–water partition coefficient (Wildman–Crippen LogP) is 3.17. The molecule has 4 nitrogen and oxygen atoms in total. The molecule has 0 N–H and O–H groups in total. The molecule has 1 heterocycles. The first kappa shape index (κ1) is 18.1. The fraction of sp³-hybridized carbons (Fsp3) is 0.333. The summed E-state index contributed by atoms with van der Waals surface area (Å²) in [6.07, 6.45) is 1.25. The Morgan fingerprint density at radius 2 is 1.69 bits per heavy atom. The summed E-state index contributed by atoms with van der Waals surface area (Å²) in [6.45, 7) is 2.53. The molecular formula is C21H22FN3O. The summed E-state index contributed by atoms with van der Waals surface area (Å²) < 4.78 is 13.1. The third kappa shape index (κ3) is 4.47. The molecule has 0 bridgehead atoms. The van der Waals surface area contributed by atoms with E-state index in [1.165, 1.54) is 17.7 Å². The Hall–Kier alpha value is -2.71. The highest BCUT2D eigenvalue weighted by Gasteiger charge is 2.26. The van der Waals surface area contributed by atoms with E-state index < -0.39 is 6.04 Å². The maximum absolute atomic E-state index is 13.1. The van der Waals surface area contributed by atoms with E-state index >= 15 is 0 Å². The van der Waals surface area contributed by atoms with Crippen LogP contribution in [-0.2, 0) is 11.2 Å². The van der Waals surface area contributed by atoms with Crippen molar-refractivity contribution in [3.8, 4) is 6.07 Å². The van der Waals surface area contributed by atoms with Crippen molar-refractivity contribution in [2.75, 3.05) is 26.2 Å². The van der Waals surface area contributed by atoms with Gasteiger partial charge in [-0.3, -0.25) is 9.69 Å². The summed E-state index contributed by atoms with van der Waals surface area (Å²) in [5.41, 5.74) is 1.96. The first-order valence-corrected chi connectivity index (χ1v) is 8.88. The monoisotopic (exact) mass is 351 g/mol. The third-order valence-electron chi connectivity index (χ3n) is 4.81. The SMILES string of the molecule is N#CC(c1ccc(F)cc1)N1CCN(C(=O)CCc2ccccc2)CC1. The molecule has 1 saturated heterocycles. The molecule has 2 aromatic carbocycles. The first-order chi connectivity index (χ1) is 12.7. The smallest absolute Gasteiger partial charge is 0.222 e. The van der Waals surface area contributed by atoms with Crippen molar-refractivity contribution in [2.24, 2.45) is 0 Å². The van der Waals surface area contributed by atoms with Crippen molar-refractivity contribution >= 4 is 5.91 Å². The number of benzene rings is 2. The lowest BCUT2D eigenvalue weighted by Crippen LogP contribution is -2.49. The van der Waals surface area contributed by atoms with E-state index in [1.807, 2.05) is 40.1 Å². The summed E-state index contributed by atoms with van der Waals surface area (Å²) in [4.78, 5) is 16.3. The van der Waals surface area contributed by atoms with Crippen LogP contribution in [0.2, 0.25) is 0 Å². The molecule has 134 valence electrons. The molecule has 3 rings (SSSR count). The van der Waals surface area contributed by atoms with Crippen LogP contribution in [0, 0.1) is 17.1 Å². The number of carbonyl (C=O) groups is 1. The van der Waals surface area contributed by atoms with Crippen molar-refractivity contribution < 1.29 is 9.18 Å². The highest BCUT2D eigenvalue weighted by atomic mass is 19.1. The van der Waals surface area contributed by atoms with E-state index in [1.54, 1.807) is 12.1 Å². The van der Waals surface area contributed by atoms with Gasteiger partial charge in [-0.1, -0.05) is 42.5 Å². The molecule has 0 saturated carbocycles. The summed E-state index contributed by atoms with van der Waals surface area (Å²) in [5, 5.41) is 9.52. The lowest BCUT2D eigenvalue weighted by atomic mass is 10.1. The zero-order valence-electron chi connectivity index (χ0n) is 14.6. The number of piperazine rings is 1. The summed E-state index contributed by atoms with van der Waals surface area (Å²) >= 11 is 0. The molecule has 1 unspecified atom stereocenters. The molecule has 0 aliphatic carbocycles. The largest absolute Gasteiger partial charge is 0.340 e. The van der Waals surface area contributed by atoms with Gasteiger partial charge in [-0.25, -0.2) is 4.39 Å². The van der Waals surface area contributed by atoms with Crippen LogP contribution in [0.5, 0.6) is 0 Å². The zero-order valence-corrected chi connectivity index (χ0v) is 14.6. The number of nitriles is 1. The van der Waals surface area contributed by atoms with Crippen LogP contribution in [0.4, 0.5) is 4.39 Å². The van der Waals surface area contributed by atoms with Crippen LogP contribution < -0.4 is 0 Å². The maximum atomic E-state index is 13.1. The van der Waals surface area contributed by atoms with Gasteiger partial charge in [0.15, 0.2) is 0 Å². The van der Waals surface area contributed by atoms with E-state index in [-0.39, 0.29) is 11.7 Å². The highest BCUT2D eigenvalue weighted by molar-refractivity contribution is 5.76. The van der Waals surface area contributed by atoms with Gasteiger partial charge in [0.2, 0.25) is 5.91 Å². The molecular weight excluding hydrogens is 329 g/mol. The summed E-state index contributed by atoms with van der Waals surface area (Å²) in [7, 11) is 0. The Morgan fingerprint density at radius 3 is 2.31 bits per heavy atom. The van der Waals surface area contributed by atoms with Gasteiger partial charge in [-0.15, -0.1) is 0 Å². The van der Waals surface area contributed by atoms with E-state index in [4.69, 9.17) is 0 Å². The maximum Gasteiger partial charge on any atom is 0.222 e. The van der Waals surface area contributed by atoms with Gasteiger partial charge in [-0.2, -0.15) is 5.26 Å². The van der Waals surface area contributed by atoms with E-state index in [0.717, 1.165) is 12.0 Å². The van der Waals surface area contributed by atoms with Crippen molar-refractivity contribution in [1.29, 1.82) is 5.26 Å². The molecule has 0 radical (unpaired) electrons. The number of halogens is 1. The second kappa shape index (κ2) is 8.59. The minimum absolute atomic E-state index is 0.156. The fourth-order valence-electron chi connectivity index (χ4n) is 3.30. The first-order valence-electron chi connectivity index (χ1n) is 8.88. The van der Waals surface area contributed by atoms with Crippen molar-refractivity contribution in [3.63, 3.8) is 0 Å². The van der Waals surface area contributed by atoms with Crippen molar-refractivity contribution in [1.82, 2.24) is 9.80 Å². The van der Waals surface area contributed by atoms with Gasteiger partial charge in [-0.05, 0) is 29.7 Å². The fourth-order valence-corrected chi connectivity index (χ4v) is 3.30. The molecule has 1 atom stereocenters. The molecule has 5 heteroatoms. The highest BCUT2D eigenvalue weighted by Crippen LogP contribution is 2.22. The minimum atomic E-state index is -0.405. The molecule has 2 aromatic rings. The second-order valence-corrected chi connectivity index (χ2v) is 6.49. The van der Waals surface area contributed by atoms with E-state index in [0.29, 0.717) is 32.6 Å². The Balaban J connectivity index is 1.52. The van der Waals surface area contributed by atoms with Gasteiger partial charge in [0.05, 0.1) is 6.07 Å². The molecule has 1 aliphatic heterocycles. The quantitative estimate of drug-likeness (QED) is 0.831. The number of hydrogen-bond donors (Lipinski definition) is 0. The Bertz CT molecular complexity index is 762. The Kier molecular flexibility index (Phi) is 5.98. The van der Waals surface area contributed by atoms with Crippen LogP contribution in [0.15, 0.2) is 54.6 Å². The summed E-state index contributed by atoms with van der Waals surface area (Å²) in [6, 6.07) is 18.0. The number of aryl methyl sites for hydroxylation is 1. The Morgan fingerprint density at radius 1 is 1.04 bits per heavy atom. The topological polar surface area (TPSA) is 47.3 Å².